The van der Waals surface area contributed by atoms with E-state index in [1.54, 1.807) is 24.3 Å². The Kier molecular flexibility index (Phi) is 7.91. The summed E-state index contributed by atoms with van der Waals surface area (Å²) in [5.41, 5.74) is 6.57. The van der Waals surface area contributed by atoms with Gasteiger partial charge in [-0.2, -0.15) is 0 Å². The number of benzene rings is 1. The number of carbonyl (C=O) groups excluding carboxylic acids is 2. The molecule has 0 fully saturated rings. The quantitative estimate of drug-likeness (QED) is 0.517. The van der Waals surface area contributed by atoms with Crippen LogP contribution in [0.3, 0.4) is 0 Å². The Bertz CT molecular complexity index is 562. The van der Waals surface area contributed by atoms with Crippen molar-refractivity contribution in [1.29, 1.82) is 0 Å². The highest BCUT2D eigenvalue weighted by atomic mass is 16.4. The smallest absolute Gasteiger partial charge is 0.326 e. The Morgan fingerprint density at radius 3 is 2.38 bits per heavy atom. The molecule has 0 aromatic heterocycles. The van der Waals surface area contributed by atoms with Crippen molar-refractivity contribution in [2.75, 3.05) is 6.54 Å². The predicted octanol–water partition coefficient (Wildman–Crippen LogP) is 0.288. The predicted molar refractivity (Wildman–Crippen MR) is 90.2 cm³/mol. The van der Waals surface area contributed by atoms with Gasteiger partial charge in [0.2, 0.25) is 11.8 Å². The van der Waals surface area contributed by atoms with Crippen LogP contribution in [0.25, 0.3) is 0 Å². The zero-order chi connectivity index (χ0) is 18.1. The van der Waals surface area contributed by atoms with Gasteiger partial charge in [0.1, 0.15) is 6.04 Å². The molecule has 5 N–H and O–H groups in total. The van der Waals surface area contributed by atoms with Gasteiger partial charge in [-0.3, -0.25) is 9.59 Å². The summed E-state index contributed by atoms with van der Waals surface area (Å²) in [5.74, 6) is -2.12. The fraction of sp³-hybridized carbons (Fsp3) is 0.471. The largest absolute Gasteiger partial charge is 0.480 e. The van der Waals surface area contributed by atoms with Gasteiger partial charge >= 0.3 is 5.97 Å². The number of carbonyl (C=O) groups is 3. The van der Waals surface area contributed by atoms with Crippen molar-refractivity contribution in [2.45, 2.75) is 38.8 Å². The normalized spacial score (nSPS) is 14.3. The van der Waals surface area contributed by atoms with Crippen LogP contribution in [0.2, 0.25) is 0 Å². The Hall–Kier alpha value is -2.41. The van der Waals surface area contributed by atoms with Crippen molar-refractivity contribution in [1.82, 2.24) is 10.6 Å². The van der Waals surface area contributed by atoms with Gasteiger partial charge in [0.05, 0.1) is 12.6 Å². The van der Waals surface area contributed by atoms with Crippen molar-refractivity contribution in [3.8, 4) is 0 Å². The third kappa shape index (κ3) is 6.37. The number of nitrogens with one attached hydrogen (secondary N) is 2. The van der Waals surface area contributed by atoms with E-state index in [1.807, 2.05) is 19.9 Å². The van der Waals surface area contributed by atoms with E-state index in [2.05, 4.69) is 10.6 Å². The molecule has 1 aromatic rings. The summed E-state index contributed by atoms with van der Waals surface area (Å²) >= 11 is 0. The highest BCUT2D eigenvalue weighted by molar-refractivity contribution is 5.89. The zero-order valence-electron chi connectivity index (χ0n) is 14.0. The standard InChI is InChI=1S/C17H25N3O4/c1-3-11(2)15(18)16(22)19-10-14(21)20-13(17(23)24)9-12-7-5-4-6-8-12/h4-8,11,13,15H,3,9-10,18H2,1-2H3,(H,19,22)(H,20,21)(H,23,24)/t11-,13-,15-/m0/s1. The summed E-state index contributed by atoms with van der Waals surface area (Å²) in [5, 5.41) is 14.1. The van der Waals surface area contributed by atoms with Gasteiger partial charge in [-0.15, -0.1) is 0 Å². The number of carboxylic acid groups (broad SMARTS) is 1. The average Bonchev–Trinajstić information content (AvgIpc) is 2.58. The van der Waals surface area contributed by atoms with Crippen molar-refractivity contribution in [2.24, 2.45) is 11.7 Å². The van der Waals surface area contributed by atoms with Crippen LogP contribution in [0.15, 0.2) is 30.3 Å². The molecule has 7 heteroatoms. The van der Waals surface area contributed by atoms with Crippen molar-refractivity contribution >= 4 is 17.8 Å². The second-order valence-electron chi connectivity index (χ2n) is 5.78. The molecule has 0 saturated heterocycles. The molecule has 7 nitrogen and oxygen atoms in total. The first-order chi connectivity index (χ1) is 11.3. The number of rotatable bonds is 9. The van der Waals surface area contributed by atoms with Crippen molar-refractivity contribution in [3.05, 3.63) is 35.9 Å². The summed E-state index contributed by atoms with van der Waals surface area (Å²) in [4.78, 5) is 35.0. The first kappa shape index (κ1) is 19.6. The lowest BCUT2D eigenvalue weighted by molar-refractivity contribution is -0.141. The van der Waals surface area contributed by atoms with Crippen LogP contribution < -0.4 is 16.4 Å². The fourth-order valence-corrected chi connectivity index (χ4v) is 2.09. The highest BCUT2D eigenvalue weighted by Crippen LogP contribution is 2.05. The van der Waals surface area contributed by atoms with E-state index in [9.17, 15) is 19.5 Å². The van der Waals surface area contributed by atoms with Gasteiger partial charge in [0.15, 0.2) is 0 Å². The van der Waals surface area contributed by atoms with E-state index in [-0.39, 0.29) is 18.9 Å². The molecule has 0 aliphatic rings. The topological polar surface area (TPSA) is 122 Å². The average molecular weight is 335 g/mol. The van der Waals surface area contributed by atoms with E-state index in [1.165, 1.54) is 0 Å². The van der Waals surface area contributed by atoms with E-state index in [4.69, 9.17) is 5.73 Å². The highest BCUT2D eigenvalue weighted by Gasteiger charge is 2.22. The number of carboxylic acids is 1. The van der Waals surface area contributed by atoms with E-state index in [0.29, 0.717) is 0 Å². The molecule has 0 saturated carbocycles. The lowest BCUT2D eigenvalue weighted by Gasteiger charge is -2.18. The van der Waals surface area contributed by atoms with Crippen molar-refractivity contribution in [3.63, 3.8) is 0 Å². The van der Waals surface area contributed by atoms with Gasteiger partial charge in [0.25, 0.3) is 0 Å². The third-order valence-electron chi connectivity index (χ3n) is 3.90. The first-order valence-corrected chi connectivity index (χ1v) is 7.94. The summed E-state index contributed by atoms with van der Waals surface area (Å²) in [6.07, 6.45) is 0.918. The molecule has 0 bridgehead atoms. The number of hydrogen-bond acceptors (Lipinski definition) is 4. The zero-order valence-corrected chi connectivity index (χ0v) is 14.0. The van der Waals surface area contributed by atoms with Crippen LogP contribution in [0, 0.1) is 5.92 Å². The summed E-state index contributed by atoms with van der Waals surface area (Å²) in [6.45, 7) is 3.47. The van der Waals surface area contributed by atoms with Crippen LogP contribution >= 0.6 is 0 Å². The third-order valence-corrected chi connectivity index (χ3v) is 3.90. The van der Waals surface area contributed by atoms with Gasteiger partial charge < -0.3 is 21.5 Å². The summed E-state index contributed by atoms with van der Waals surface area (Å²) in [6, 6.07) is 7.25. The summed E-state index contributed by atoms with van der Waals surface area (Å²) < 4.78 is 0. The van der Waals surface area contributed by atoms with Crippen LogP contribution in [0.4, 0.5) is 0 Å². The van der Waals surface area contributed by atoms with Crippen LogP contribution in [-0.4, -0.2) is 41.5 Å². The fourth-order valence-electron chi connectivity index (χ4n) is 2.09. The molecule has 0 heterocycles. The van der Waals surface area contributed by atoms with E-state index in [0.717, 1.165) is 12.0 Å². The molecule has 24 heavy (non-hydrogen) atoms. The minimum Gasteiger partial charge on any atom is -0.480 e. The molecule has 132 valence electrons. The minimum absolute atomic E-state index is 0.00194. The Labute approximate surface area is 141 Å². The molecule has 0 aliphatic carbocycles. The lowest BCUT2D eigenvalue weighted by atomic mass is 9.99. The molecule has 0 unspecified atom stereocenters. The molecular formula is C17H25N3O4. The van der Waals surface area contributed by atoms with Crippen LogP contribution in [0.1, 0.15) is 25.8 Å². The molecule has 0 spiro atoms. The van der Waals surface area contributed by atoms with Crippen molar-refractivity contribution < 1.29 is 19.5 Å². The lowest BCUT2D eigenvalue weighted by Crippen LogP contribution is -2.50. The molecule has 0 aliphatic heterocycles. The minimum atomic E-state index is -1.13. The van der Waals surface area contributed by atoms with Gasteiger partial charge in [-0.05, 0) is 11.5 Å². The Morgan fingerprint density at radius 2 is 1.83 bits per heavy atom. The second kappa shape index (κ2) is 9.67. The molecule has 3 atom stereocenters. The maximum Gasteiger partial charge on any atom is 0.326 e. The number of aliphatic carboxylic acids is 1. The Balaban J connectivity index is 2.51. The summed E-state index contributed by atoms with van der Waals surface area (Å²) in [7, 11) is 0. The SMILES string of the molecule is CC[C@H](C)[C@H](N)C(=O)NCC(=O)N[C@@H](Cc1ccccc1)C(=O)O. The van der Waals surface area contributed by atoms with Crippen LogP contribution in [0.5, 0.6) is 0 Å². The second-order valence-corrected chi connectivity index (χ2v) is 5.78. The molecular weight excluding hydrogens is 310 g/mol. The van der Waals surface area contributed by atoms with E-state index >= 15 is 0 Å². The Morgan fingerprint density at radius 1 is 1.21 bits per heavy atom. The molecule has 0 radical (unpaired) electrons. The number of amides is 2. The molecule has 2 amide bonds. The number of nitrogens with two attached hydrogens (primary N) is 1. The maximum atomic E-state index is 11.9. The number of hydrogen-bond donors (Lipinski definition) is 4. The monoisotopic (exact) mass is 335 g/mol. The van der Waals surface area contributed by atoms with Gasteiger partial charge in [0, 0.05) is 6.42 Å². The van der Waals surface area contributed by atoms with Crippen LogP contribution in [-0.2, 0) is 20.8 Å². The van der Waals surface area contributed by atoms with Gasteiger partial charge in [-0.1, -0.05) is 50.6 Å². The molecule has 1 rings (SSSR count). The van der Waals surface area contributed by atoms with Gasteiger partial charge in [-0.25, -0.2) is 4.79 Å². The molecule has 1 aromatic carbocycles. The first-order valence-electron chi connectivity index (χ1n) is 7.94. The maximum absolute atomic E-state index is 11.9. The van der Waals surface area contributed by atoms with E-state index < -0.39 is 29.9 Å².